The third kappa shape index (κ3) is 5.22. The molecule has 1 unspecified atom stereocenters. The van der Waals surface area contributed by atoms with Gasteiger partial charge in [0, 0.05) is 17.6 Å². The summed E-state index contributed by atoms with van der Waals surface area (Å²) in [6.07, 6.45) is 4.22. The number of aromatic nitrogens is 2. The molecule has 0 bridgehead atoms. The Bertz CT molecular complexity index is 595. The number of thiazole rings is 1. The number of nitrogens with one attached hydrogen (secondary N) is 1. The van der Waals surface area contributed by atoms with Crippen molar-refractivity contribution in [3.63, 3.8) is 0 Å². The Kier molecular flexibility index (Phi) is 6.07. The van der Waals surface area contributed by atoms with Crippen molar-refractivity contribution in [1.82, 2.24) is 15.3 Å². The Morgan fingerprint density at radius 2 is 2.09 bits per heavy atom. The topological polar surface area (TPSA) is 54.9 Å². The zero-order valence-corrected chi connectivity index (χ0v) is 14.2. The minimum Gasteiger partial charge on any atom is -0.353 e. The quantitative estimate of drug-likeness (QED) is 0.847. The molecule has 0 spiro atoms. The first-order valence-corrected chi connectivity index (χ1v) is 8.57. The molecular formula is C17H23N3OS. The molecule has 0 radical (unpaired) electrons. The first-order chi connectivity index (χ1) is 10.5. The van der Waals surface area contributed by atoms with Crippen LogP contribution in [0.2, 0.25) is 0 Å². The minimum atomic E-state index is 0.0362. The van der Waals surface area contributed by atoms with Crippen molar-refractivity contribution in [2.24, 2.45) is 5.92 Å². The Balaban J connectivity index is 1.86. The highest BCUT2D eigenvalue weighted by Gasteiger charge is 2.12. The van der Waals surface area contributed by atoms with E-state index in [1.54, 1.807) is 6.20 Å². The maximum atomic E-state index is 12.1. The number of nitrogens with zero attached hydrogens (tertiary/aromatic N) is 2. The van der Waals surface area contributed by atoms with Crippen molar-refractivity contribution in [2.45, 2.75) is 46.1 Å². The van der Waals surface area contributed by atoms with Gasteiger partial charge in [0.1, 0.15) is 5.01 Å². The Hall–Kier alpha value is -1.75. The minimum absolute atomic E-state index is 0.0362. The zero-order chi connectivity index (χ0) is 15.9. The summed E-state index contributed by atoms with van der Waals surface area (Å²) in [5, 5.41) is 5.83. The van der Waals surface area contributed by atoms with Crippen LogP contribution in [0, 0.1) is 5.92 Å². The summed E-state index contributed by atoms with van der Waals surface area (Å²) in [7, 11) is 0. The number of rotatable bonds is 7. The van der Waals surface area contributed by atoms with Gasteiger partial charge in [-0.25, -0.2) is 4.98 Å². The van der Waals surface area contributed by atoms with Gasteiger partial charge < -0.3 is 5.32 Å². The van der Waals surface area contributed by atoms with Gasteiger partial charge in [0.25, 0.3) is 0 Å². The maximum Gasteiger partial charge on any atom is 0.226 e. The van der Waals surface area contributed by atoms with Crippen LogP contribution in [0.25, 0.3) is 10.7 Å². The van der Waals surface area contributed by atoms with Gasteiger partial charge in [0.05, 0.1) is 17.8 Å². The summed E-state index contributed by atoms with van der Waals surface area (Å²) in [6.45, 7) is 6.45. The van der Waals surface area contributed by atoms with Gasteiger partial charge in [-0.05, 0) is 37.8 Å². The van der Waals surface area contributed by atoms with Gasteiger partial charge in [-0.1, -0.05) is 19.9 Å². The summed E-state index contributed by atoms with van der Waals surface area (Å²) >= 11 is 1.52. The first kappa shape index (κ1) is 16.6. The molecule has 2 aromatic heterocycles. The zero-order valence-electron chi connectivity index (χ0n) is 13.4. The standard InChI is InChI=1S/C17H23N3OS/c1-12(2)7-8-13(3)19-16(21)10-14-11-22-17(20-14)15-6-4-5-9-18-15/h4-6,9,11-13H,7-8,10H2,1-3H3,(H,19,21). The van der Waals surface area contributed by atoms with Gasteiger partial charge >= 0.3 is 0 Å². The highest BCUT2D eigenvalue weighted by Crippen LogP contribution is 2.21. The van der Waals surface area contributed by atoms with Gasteiger partial charge in [0.15, 0.2) is 0 Å². The molecule has 1 N–H and O–H groups in total. The Morgan fingerprint density at radius 1 is 1.27 bits per heavy atom. The van der Waals surface area contributed by atoms with Crippen LogP contribution < -0.4 is 5.32 Å². The molecule has 0 saturated carbocycles. The molecule has 0 fully saturated rings. The van der Waals surface area contributed by atoms with Crippen LogP contribution in [0.3, 0.4) is 0 Å². The molecule has 118 valence electrons. The summed E-state index contributed by atoms with van der Waals surface area (Å²) < 4.78 is 0. The van der Waals surface area contributed by atoms with Crippen LogP contribution in [-0.4, -0.2) is 21.9 Å². The molecule has 2 heterocycles. The van der Waals surface area contributed by atoms with E-state index >= 15 is 0 Å². The third-order valence-electron chi connectivity index (χ3n) is 3.36. The molecule has 5 heteroatoms. The van der Waals surface area contributed by atoms with Crippen LogP contribution in [-0.2, 0) is 11.2 Å². The van der Waals surface area contributed by atoms with Crippen LogP contribution in [0.5, 0.6) is 0 Å². The van der Waals surface area contributed by atoms with E-state index in [4.69, 9.17) is 0 Å². The predicted molar refractivity (Wildman–Crippen MR) is 90.7 cm³/mol. The van der Waals surface area contributed by atoms with Crippen LogP contribution in [0.1, 0.15) is 39.3 Å². The summed E-state index contributed by atoms with van der Waals surface area (Å²) in [5.74, 6) is 0.702. The Labute approximate surface area is 136 Å². The van der Waals surface area contributed by atoms with Gasteiger partial charge in [-0.3, -0.25) is 9.78 Å². The fraction of sp³-hybridized carbons (Fsp3) is 0.471. The Morgan fingerprint density at radius 3 is 2.77 bits per heavy atom. The van der Waals surface area contributed by atoms with Crippen molar-refractivity contribution >= 4 is 17.2 Å². The monoisotopic (exact) mass is 317 g/mol. The molecule has 0 aliphatic heterocycles. The fourth-order valence-electron chi connectivity index (χ4n) is 2.14. The number of hydrogen-bond donors (Lipinski definition) is 1. The van der Waals surface area contributed by atoms with Crippen LogP contribution in [0.15, 0.2) is 29.8 Å². The maximum absolute atomic E-state index is 12.1. The van der Waals surface area contributed by atoms with Crippen molar-refractivity contribution in [3.05, 3.63) is 35.5 Å². The lowest BCUT2D eigenvalue weighted by Gasteiger charge is -2.14. The normalized spacial score (nSPS) is 12.4. The number of hydrogen-bond acceptors (Lipinski definition) is 4. The van der Waals surface area contributed by atoms with E-state index in [2.05, 4.69) is 36.1 Å². The molecule has 2 rings (SSSR count). The molecule has 0 aliphatic carbocycles. The van der Waals surface area contributed by atoms with E-state index in [1.165, 1.54) is 11.3 Å². The molecule has 22 heavy (non-hydrogen) atoms. The lowest BCUT2D eigenvalue weighted by atomic mass is 10.0. The number of carbonyl (C=O) groups is 1. The number of carbonyl (C=O) groups excluding carboxylic acids is 1. The second kappa shape index (κ2) is 8.03. The van der Waals surface area contributed by atoms with Gasteiger partial charge in [-0.15, -0.1) is 11.3 Å². The fourth-order valence-corrected chi connectivity index (χ4v) is 2.94. The van der Waals surface area contributed by atoms with Gasteiger partial charge in [0.2, 0.25) is 5.91 Å². The van der Waals surface area contributed by atoms with E-state index in [9.17, 15) is 4.79 Å². The highest BCUT2D eigenvalue weighted by molar-refractivity contribution is 7.13. The SMILES string of the molecule is CC(C)CCC(C)NC(=O)Cc1csc(-c2ccccn2)n1. The first-order valence-electron chi connectivity index (χ1n) is 7.69. The van der Waals surface area contributed by atoms with Crippen molar-refractivity contribution in [2.75, 3.05) is 0 Å². The van der Waals surface area contributed by atoms with E-state index < -0.39 is 0 Å². The molecule has 4 nitrogen and oxygen atoms in total. The van der Waals surface area contributed by atoms with Crippen molar-refractivity contribution in [3.8, 4) is 10.7 Å². The summed E-state index contributed by atoms with van der Waals surface area (Å²) in [6, 6.07) is 5.96. The second-order valence-electron chi connectivity index (χ2n) is 5.98. The smallest absolute Gasteiger partial charge is 0.226 e. The van der Waals surface area contributed by atoms with E-state index in [1.807, 2.05) is 23.6 Å². The summed E-state index contributed by atoms with van der Waals surface area (Å²) in [4.78, 5) is 20.8. The van der Waals surface area contributed by atoms with Crippen LogP contribution in [0.4, 0.5) is 0 Å². The van der Waals surface area contributed by atoms with E-state index in [0.29, 0.717) is 12.3 Å². The molecular weight excluding hydrogens is 294 g/mol. The molecule has 1 amide bonds. The molecule has 1 atom stereocenters. The van der Waals surface area contributed by atoms with Crippen LogP contribution >= 0.6 is 11.3 Å². The van der Waals surface area contributed by atoms with E-state index in [-0.39, 0.29) is 11.9 Å². The molecule has 2 aromatic rings. The molecule has 0 aromatic carbocycles. The number of amides is 1. The highest BCUT2D eigenvalue weighted by atomic mass is 32.1. The van der Waals surface area contributed by atoms with Gasteiger partial charge in [-0.2, -0.15) is 0 Å². The average Bonchev–Trinajstić information content (AvgIpc) is 2.94. The second-order valence-corrected chi connectivity index (χ2v) is 6.83. The summed E-state index contributed by atoms with van der Waals surface area (Å²) in [5.41, 5.74) is 1.66. The molecule has 0 saturated heterocycles. The lowest BCUT2D eigenvalue weighted by Crippen LogP contribution is -2.33. The molecule has 0 aliphatic rings. The predicted octanol–water partition coefficient (Wildman–Crippen LogP) is 3.69. The largest absolute Gasteiger partial charge is 0.353 e. The van der Waals surface area contributed by atoms with Crippen molar-refractivity contribution < 1.29 is 4.79 Å². The van der Waals surface area contributed by atoms with E-state index in [0.717, 1.165) is 29.2 Å². The number of pyridine rings is 1. The average molecular weight is 317 g/mol. The lowest BCUT2D eigenvalue weighted by molar-refractivity contribution is -0.121. The van der Waals surface area contributed by atoms with Crippen molar-refractivity contribution in [1.29, 1.82) is 0 Å². The third-order valence-corrected chi connectivity index (χ3v) is 4.28.